The molecule has 0 spiro atoms. The van der Waals surface area contributed by atoms with Crippen molar-refractivity contribution in [1.82, 2.24) is 0 Å². The van der Waals surface area contributed by atoms with Crippen LogP contribution < -0.4 is 4.74 Å². The lowest BCUT2D eigenvalue weighted by Crippen LogP contribution is -2.10. The molecule has 0 saturated heterocycles. The van der Waals surface area contributed by atoms with Gasteiger partial charge < -0.3 is 9.84 Å². The molecule has 0 aliphatic heterocycles. The van der Waals surface area contributed by atoms with E-state index in [0.717, 1.165) is 24.6 Å². The predicted octanol–water partition coefficient (Wildman–Crippen LogP) is 5.91. The molecule has 0 unspecified atom stereocenters. The van der Waals surface area contributed by atoms with Crippen LogP contribution in [0.3, 0.4) is 0 Å². The number of ether oxygens (including phenoxy) is 1. The number of benzene rings is 2. The third-order valence-electron chi connectivity index (χ3n) is 4.55. The Hall–Kier alpha value is -2.08. The molecule has 1 fully saturated rings. The van der Waals surface area contributed by atoms with E-state index in [1.807, 2.05) is 18.2 Å². The Kier molecular flexibility index (Phi) is 6.72. The van der Waals surface area contributed by atoms with Crippen molar-refractivity contribution >= 4 is 17.7 Å². The molecule has 0 aromatic heterocycles. The van der Waals surface area contributed by atoms with Gasteiger partial charge in [0, 0.05) is 6.42 Å². The first-order chi connectivity index (χ1) is 13.0. The molecule has 1 saturated carbocycles. The SMILES string of the molecule is O=C(O)CCCSc1c(F)cc(-c2cccc(OC3CCCC3)c2)cc1F. The smallest absolute Gasteiger partial charge is 0.303 e. The Morgan fingerprint density at radius 3 is 2.48 bits per heavy atom. The van der Waals surface area contributed by atoms with E-state index in [4.69, 9.17) is 9.84 Å². The largest absolute Gasteiger partial charge is 0.490 e. The Balaban J connectivity index is 1.72. The maximum Gasteiger partial charge on any atom is 0.303 e. The summed E-state index contributed by atoms with van der Waals surface area (Å²) < 4.78 is 34.8. The van der Waals surface area contributed by atoms with E-state index in [9.17, 15) is 13.6 Å². The molecule has 3 nitrogen and oxygen atoms in total. The highest BCUT2D eigenvalue weighted by atomic mass is 32.2. The molecule has 3 rings (SSSR count). The van der Waals surface area contributed by atoms with Crippen molar-refractivity contribution in [3.05, 3.63) is 48.0 Å². The fraction of sp³-hybridized carbons (Fsp3) is 0.381. The van der Waals surface area contributed by atoms with Gasteiger partial charge in [-0.1, -0.05) is 12.1 Å². The Morgan fingerprint density at radius 2 is 1.81 bits per heavy atom. The number of carboxylic acids is 1. The van der Waals surface area contributed by atoms with E-state index in [1.165, 1.54) is 25.0 Å². The fourth-order valence-corrected chi connectivity index (χ4v) is 4.10. The molecule has 2 aromatic rings. The summed E-state index contributed by atoms with van der Waals surface area (Å²) in [5.41, 5.74) is 1.16. The summed E-state index contributed by atoms with van der Waals surface area (Å²) in [4.78, 5) is 10.4. The summed E-state index contributed by atoms with van der Waals surface area (Å²) in [5, 5.41) is 8.63. The minimum absolute atomic E-state index is 0.0118. The molecular formula is C21H22F2O3S. The first kappa shape index (κ1) is 19.7. The van der Waals surface area contributed by atoms with Gasteiger partial charge >= 0.3 is 5.97 Å². The Morgan fingerprint density at radius 1 is 1.11 bits per heavy atom. The van der Waals surface area contributed by atoms with Crippen molar-refractivity contribution in [2.24, 2.45) is 0 Å². The maximum atomic E-state index is 14.4. The van der Waals surface area contributed by atoms with E-state index < -0.39 is 17.6 Å². The van der Waals surface area contributed by atoms with Gasteiger partial charge in [-0.3, -0.25) is 4.79 Å². The van der Waals surface area contributed by atoms with Gasteiger partial charge in [0.05, 0.1) is 11.0 Å². The number of thioether (sulfide) groups is 1. The van der Waals surface area contributed by atoms with E-state index >= 15 is 0 Å². The molecule has 1 aliphatic carbocycles. The second-order valence-corrected chi connectivity index (χ2v) is 7.77. The highest BCUT2D eigenvalue weighted by Gasteiger charge is 2.17. The summed E-state index contributed by atoms with van der Waals surface area (Å²) in [7, 11) is 0. The van der Waals surface area contributed by atoms with Gasteiger partial charge in [0.2, 0.25) is 0 Å². The van der Waals surface area contributed by atoms with Crippen LogP contribution in [-0.2, 0) is 4.79 Å². The predicted molar refractivity (Wildman–Crippen MR) is 102 cm³/mol. The summed E-state index contributed by atoms with van der Waals surface area (Å²) in [6.45, 7) is 0. The summed E-state index contributed by atoms with van der Waals surface area (Å²) in [6.07, 6.45) is 5.00. The third kappa shape index (κ3) is 5.45. The molecule has 0 heterocycles. The topological polar surface area (TPSA) is 46.5 Å². The lowest BCUT2D eigenvalue weighted by Gasteiger charge is -2.14. The summed E-state index contributed by atoms with van der Waals surface area (Å²) in [6, 6.07) is 9.93. The third-order valence-corrected chi connectivity index (χ3v) is 5.72. The second-order valence-electron chi connectivity index (χ2n) is 6.67. The summed E-state index contributed by atoms with van der Waals surface area (Å²) >= 11 is 1.01. The van der Waals surface area contributed by atoms with Crippen LogP contribution in [0.2, 0.25) is 0 Å². The zero-order valence-corrected chi connectivity index (χ0v) is 15.7. The van der Waals surface area contributed by atoms with E-state index in [0.29, 0.717) is 29.1 Å². The van der Waals surface area contributed by atoms with Crippen molar-refractivity contribution in [3.8, 4) is 16.9 Å². The maximum absolute atomic E-state index is 14.4. The average Bonchev–Trinajstić information content (AvgIpc) is 3.13. The van der Waals surface area contributed by atoms with Crippen LogP contribution in [0.4, 0.5) is 8.78 Å². The van der Waals surface area contributed by atoms with Crippen LogP contribution in [0.15, 0.2) is 41.3 Å². The molecule has 144 valence electrons. The standard InChI is InChI=1S/C21H22F2O3S/c22-18-12-15(13-19(23)21(18)27-10-4-9-20(24)25)14-5-3-8-17(11-14)26-16-6-1-2-7-16/h3,5,8,11-13,16H,1-2,4,6-7,9-10H2,(H,24,25). The van der Waals surface area contributed by atoms with Gasteiger partial charge in [0.1, 0.15) is 17.4 Å². The zero-order chi connectivity index (χ0) is 19.2. The van der Waals surface area contributed by atoms with Gasteiger partial charge in [0.15, 0.2) is 0 Å². The van der Waals surface area contributed by atoms with Crippen LogP contribution in [0.25, 0.3) is 11.1 Å². The minimum Gasteiger partial charge on any atom is -0.490 e. The van der Waals surface area contributed by atoms with E-state index in [2.05, 4.69) is 0 Å². The summed E-state index contributed by atoms with van der Waals surface area (Å²) in [5.74, 6) is -1.11. The quantitative estimate of drug-likeness (QED) is 0.448. The monoisotopic (exact) mass is 392 g/mol. The van der Waals surface area contributed by atoms with Crippen LogP contribution in [0.5, 0.6) is 5.75 Å². The average molecular weight is 392 g/mol. The fourth-order valence-electron chi connectivity index (χ4n) is 3.21. The van der Waals surface area contributed by atoms with E-state index in [-0.39, 0.29) is 17.4 Å². The van der Waals surface area contributed by atoms with Crippen LogP contribution >= 0.6 is 11.8 Å². The molecule has 27 heavy (non-hydrogen) atoms. The molecule has 1 aliphatic rings. The normalized spacial score (nSPS) is 14.4. The van der Waals surface area contributed by atoms with Crippen LogP contribution in [0, 0.1) is 11.6 Å². The molecule has 6 heteroatoms. The number of halogens is 2. The van der Waals surface area contributed by atoms with Gasteiger partial charge in [0.25, 0.3) is 0 Å². The van der Waals surface area contributed by atoms with Crippen LogP contribution in [-0.4, -0.2) is 22.9 Å². The highest BCUT2D eigenvalue weighted by molar-refractivity contribution is 7.99. The number of carbonyl (C=O) groups is 1. The lowest BCUT2D eigenvalue weighted by atomic mass is 10.1. The van der Waals surface area contributed by atoms with E-state index in [1.54, 1.807) is 6.07 Å². The number of rotatable bonds is 8. The number of aliphatic carboxylic acids is 1. The minimum atomic E-state index is -0.911. The molecule has 1 N–H and O–H groups in total. The second kappa shape index (κ2) is 9.22. The van der Waals surface area contributed by atoms with Crippen molar-refractivity contribution in [2.45, 2.75) is 49.5 Å². The van der Waals surface area contributed by atoms with Crippen molar-refractivity contribution in [1.29, 1.82) is 0 Å². The Bertz CT molecular complexity index is 781. The number of carboxylic acid groups (broad SMARTS) is 1. The zero-order valence-electron chi connectivity index (χ0n) is 14.9. The van der Waals surface area contributed by atoms with Gasteiger partial charge in [-0.25, -0.2) is 8.78 Å². The van der Waals surface area contributed by atoms with Crippen molar-refractivity contribution in [3.63, 3.8) is 0 Å². The molecule has 0 radical (unpaired) electrons. The molecule has 0 amide bonds. The number of hydrogen-bond donors (Lipinski definition) is 1. The Labute approximate surface area is 161 Å². The first-order valence-electron chi connectivity index (χ1n) is 9.13. The number of hydrogen-bond acceptors (Lipinski definition) is 3. The van der Waals surface area contributed by atoms with Gasteiger partial charge in [-0.05, 0) is 73.2 Å². The molecule has 0 atom stereocenters. The molecular weight excluding hydrogens is 370 g/mol. The van der Waals surface area contributed by atoms with Gasteiger partial charge in [-0.2, -0.15) is 0 Å². The van der Waals surface area contributed by atoms with Gasteiger partial charge in [-0.15, -0.1) is 11.8 Å². The van der Waals surface area contributed by atoms with Crippen molar-refractivity contribution < 1.29 is 23.4 Å². The lowest BCUT2D eigenvalue weighted by molar-refractivity contribution is -0.137. The molecule has 0 bridgehead atoms. The van der Waals surface area contributed by atoms with Crippen molar-refractivity contribution in [2.75, 3.05) is 5.75 Å². The molecule has 2 aromatic carbocycles. The van der Waals surface area contributed by atoms with Crippen LogP contribution in [0.1, 0.15) is 38.5 Å². The first-order valence-corrected chi connectivity index (χ1v) is 10.1. The highest BCUT2D eigenvalue weighted by Crippen LogP contribution is 2.33.